The van der Waals surface area contributed by atoms with Crippen molar-refractivity contribution < 1.29 is 24.6 Å². The molecule has 0 aliphatic carbocycles. The van der Waals surface area contributed by atoms with Gasteiger partial charge in [0.05, 0.1) is 17.8 Å². The van der Waals surface area contributed by atoms with E-state index in [2.05, 4.69) is 17.9 Å². The zero-order chi connectivity index (χ0) is 22.5. The number of benzene rings is 2. The number of aliphatic carboxylic acids is 1. The molecule has 0 spiro atoms. The molecule has 3 atom stereocenters. The number of carboxylic acid groups (broad SMARTS) is 1. The van der Waals surface area contributed by atoms with Crippen LogP contribution < -0.4 is 5.32 Å². The zero-order valence-electron chi connectivity index (χ0n) is 16.6. The summed E-state index contributed by atoms with van der Waals surface area (Å²) in [4.78, 5) is 38.2. The van der Waals surface area contributed by atoms with Crippen LogP contribution in [0.2, 0.25) is 5.02 Å². The van der Waals surface area contributed by atoms with E-state index in [1.165, 1.54) is 11.0 Å². The van der Waals surface area contributed by atoms with Gasteiger partial charge in [-0.3, -0.25) is 9.59 Å². The van der Waals surface area contributed by atoms with E-state index in [1.807, 2.05) is 0 Å². The van der Waals surface area contributed by atoms with Crippen LogP contribution in [0.5, 0.6) is 5.75 Å². The SMILES string of the molecule is O=C(NCC(=O)N1[C@@H](c2ccccc2O)CC[C@H]1C(=O)O)C(S)Cc1ccc(Cl)cc1. The summed E-state index contributed by atoms with van der Waals surface area (Å²) in [6, 6.07) is 12.0. The number of halogens is 1. The minimum absolute atomic E-state index is 0.00115. The molecule has 0 radical (unpaired) electrons. The largest absolute Gasteiger partial charge is 0.508 e. The van der Waals surface area contributed by atoms with Crippen LogP contribution in [-0.2, 0) is 20.8 Å². The monoisotopic (exact) mass is 462 g/mol. The molecule has 1 heterocycles. The third kappa shape index (κ3) is 5.51. The van der Waals surface area contributed by atoms with E-state index in [-0.39, 0.29) is 18.7 Å². The number of carboxylic acids is 1. The molecule has 3 rings (SSSR count). The first-order valence-corrected chi connectivity index (χ1v) is 10.7. The van der Waals surface area contributed by atoms with Gasteiger partial charge in [0, 0.05) is 10.6 Å². The highest BCUT2D eigenvalue weighted by Gasteiger charge is 2.42. The number of para-hydroxylation sites is 1. The van der Waals surface area contributed by atoms with E-state index in [0.717, 1.165) is 5.56 Å². The van der Waals surface area contributed by atoms with Crippen LogP contribution >= 0.6 is 24.2 Å². The molecule has 9 heteroatoms. The second-order valence-electron chi connectivity index (χ2n) is 7.37. The van der Waals surface area contributed by atoms with Crippen molar-refractivity contribution in [3.63, 3.8) is 0 Å². The predicted octanol–water partition coefficient (Wildman–Crippen LogP) is 2.82. The molecule has 3 N–H and O–H groups in total. The fourth-order valence-corrected chi connectivity index (χ4v) is 4.21. The normalized spacial score (nSPS) is 19.1. The molecule has 1 saturated heterocycles. The van der Waals surface area contributed by atoms with Crippen molar-refractivity contribution in [3.05, 3.63) is 64.7 Å². The molecule has 0 aromatic heterocycles. The molecule has 164 valence electrons. The Morgan fingerprint density at radius 2 is 1.81 bits per heavy atom. The summed E-state index contributed by atoms with van der Waals surface area (Å²) < 4.78 is 0. The first-order chi connectivity index (χ1) is 14.8. The van der Waals surface area contributed by atoms with Gasteiger partial charge in [-0.2, -0.15) is 12.6 Å². The van der Waals surface area contributed by atoms with Crippen molar-refractivity contribution in [3.8, 4) is 5.75 Å². The molecule has 0 bridgehead atoms. The second kappa shape index (κ2) is 10.1. The molecule has 2 aromatic rings. The molecule has 31 heavy (non-hydrogen) atoms. The highest BCUT2D eigenvalue weighted by atomic mass is 35.5. The Bertz CT molecular complexity index is 969. The quantitative estimate of drug-likeness (QED) is 0.473. The van der Waals surface area contributed by atoms with Gasteiger partial charge in [-0.15, -0.1) is 0 Å². The standard InChI is InChI=1S/C22H23ClN2O5S/c23-14-7-5-13(6-8-14)11-19(31)21(28)24-12-20(27)25-16(9-10-17(25)22(29)30)15-3-1-2-4-18(15)26/h1-8,16-17,19,26,31H,9-12H2,(H,24,28)(H,29,30)/t16-,17+,19?/m1/s1. The molecular formula is C22H23ClN2O5S. The van der Waals surface area contributed by atoms with Crippen LogP contribution in [0.15, 0.2) is 48.5 Å². The lowest BCUT2D eigenvalue weighted by Crippen LogP contribution is -2.47. The summed E-state index contributed by atoms with van der Waals surface area (Å²) in [6.07, 6.45) is 1.02. The Morgan fingerprint density at radius 3 is 2.45 bits per heavy atom. The first-order valence-electron chi connectivity index (χ1n) is 9.80. The predicted molar refractivity (Wildman–Crippen MR) is 119 cm³/mol. The number of nitrogens with zero attached hydrogens (tertiary/aromatic N) is 1. The van der Waals surface area contributed by atoms with Crippen molar-refractivity contribution in [1.82, 2.24) is 10.2 Å². The number of amides is 2. The highest BCUT2D eigenvalue weighted by molar-refractivity contribution is 7.81. The number of carbonyl (C=O) groups excluding carboxylic acids is 2. The number of likely N-dealkylation sites (tertiary alicyclic amines) is 1. The van der Waals surface area contributed by atoms with Gasteiger partial charge >= 0.3 is 5.97 Å². The average molecular weight is 463 g/mol. The van der Waals surface area contributed by atoms with Crippen LogP contribution in [0.25, 0.3) is 0 Å². The van der Waals surface area contributed by atoms with Gasteiger partial charge in [0.2, 0.25) is 11.8 Å². The fourth-order valence-electron chi connectivity index (χ4n) is 3.78. The molecule has 7 nitrogen and oxygen atoms in total. The van der Waals surface area contributed by atoms with Gasteiger partial charge < -0.3 is 20.4 Å². The molecular weight excluding hydrogens is 440 g/mol. The Kier molecular flexibility index (Phi) is 7.46. The second-order valence-corrected chi connectivity index (χ2v) is 8.43. The lowest BCUT2D eigenvalue weighted by atomic mass is 10.0. The number of thiol groups is 1. The molecule has 2 amide bonds. The Balaban J connectivity index is 1.66. The van der Waals surface area contributed by atoms with Crippen LogP contribution in [0.3, 0.4) is 0 Å². The number of hydrogen-bond donors (Lipinski definition) is 4. The van der Waals surface area contributed by atoms with E-state index < -0.39 is 35.1 Å². The number of hydrogen-bond acceptors (Lipinski definition) is 5. The average Bonchev–Trinajstić information content (AvgIpc) is 3.19. The summed E-state index contributed by atoms with van der Waals surface area (Å²) in [6.45, 7) is -0.357. The van der Waals surface area contributed by atoms with Crippen molar-refractivity contribution >= 4 is 42.0 Å². The van der Waals surface area contributed by atoms with Crippen molar-refractivity contribution in [1.29, 1.82) is 0 Å². The first kappa shape index (κ1) is 23.0. The lowest BCUT2D eigenvalue weighted by Gasteiger charge is -2.29. The summed E-state index contributed by atoms with van der Waals surface area (Å²) >= 11 is 10.2. The highest BCUT2D eigenvalue weighted by Crippen LogP contribution is 2.39. The number of phenolic OH excluding ortho intramolecular Hbond substituents is 1. The van der Waals surface area contributed by atoms with Crippen molar-refractivity contribution in [2.24, 2.45) is 0 Å². The van der Waals surface area contributed by atoms with Crippen LogP contribution in [-0.4, -0.2) is 50.7 Å². The molecule has 1 aliphatic heterocycles. The number of rotatable bonds is 7. The lowest BCUT2D eigenvalue weighted by molar-refractivity contribution is -0.149. The molecule has 1 fully saturated rings. The molecule has 0 saturated carbocycles. The van der Waals surface area contributed by atoms with Gasteiger partial charge in [0.25, 0.3) is 0 Å². The van der Waals surface area contributed by atoms with Gasteiger partial charge in [0.15, 0.2) is 0 Å². The maximum atomic E-state index is 12.9. The molecule has 1 unspecified atom stereocenters. The minimum Gasteiger partial charge on any atom is -0.508 e. The van der Waals surface area contributed by atoms with Crippen LogP contribution in [0, 0.1) is 0 Å². The van der Waals surface area contributed by atoms with Crippen LogP contribution in [0.1, 0.15) is 30.0 Å². The smallest absolute Gasteiger partial charge is 0.326 e. The summed E-state index contributed by atoms with van der Waals surface area (Å²) in [5.41, 5.74) is 1.36. The third-order valence-corrected chi connectivity index (χ3v) is 5.98. The third-order valence-electron chi connectivity index (χ3n) is 5.31. The Labute approximate surface area is 190 Å². The Morgan fingerprint density at radius 1 is 1.13 bits per heavy atom. The van der Waals surface area contributed by atoms with E-state index in [4.69, 9.17) is 11.6 Å². The maximum absolute atomic E-state index is 12.9. The molecule has 2 aromatic carbocycles. The summed E-state index contributed by atoms with van der Waals surface area (Å²) in [5.74, 6) is -2.08. The summed E-state index contributed by atoms with van der Waals surface area (Å²) in [5, 5.41) is 22.2. The van der Waals surface area contributed by atoms with Gasteiger partial charge in [0.1, 0.15) is 11.8 Å². The topological polar surface area (TPSA) is 107 Å². The fraction of sp³-hybridized carbons (Fsp3) is 0.318. The number of nitrogens with one attached hydrogen (secondary N) is 1. The maximum Gasteiger partial charge on any atom is 0.326 e. The van der Waals surface area contributed by atoms with E-state index in [0.29, 0.717) is 23.4 Å². The van der Waals surface area contributed by atoms with Gasteiger partial charge in [-0.25, -0.2) is 4.79 Å². The van der Waals surface area contributed by atoms with Crippen molar-refractivity contribution in [2.45, 2.75) is 36.6 Å². The van der Waals surface area contributed by atoms with Crippen LogP contribution in [0.4, 0.5) is 0 Å². The van der Waals surface area contributed by atoms with Crippen molar-refractivity contribution in [2.75, 3.05) is 6.54 Å². The number of carbonyl (C=O) groups is 3. The van der Waals surface area contributed by atoms with Gasteiger partial charge in [-0.05, 0) is 43.0 Å². The zero-order valence-corrected chi connectivity index (χ0v) is 18.2. The van der Waals surface area contributed by atoms with E-state index in [1.54, 1.807) is 42.5 Å². The Hall–Kier alpha value is -2.71. The van der Waals surface area contributed by atoms with E-state index in [9.17, 15) is 24.6 Å². The van der Waals surface area contributed by atoms with E-state index >= 15 is 0 Å². The number of phenols is 1. The number of aromatic hydroxyl groups is 1. The summed E-state index contributed by atoms with van der Waals surface area (Å²) in [7, 11) is 0. The minimum atomic E-state index is -1.12. The molecule has 1 aliphatic rings. The van der Waals surface area contributed by atoms with Gasteiger partial charge in [-0.1, -0.05) is 41.9 Å².